The molecule has 0 saturated heterocycles. The van der Waals surface area contributed by atoms with Gasteiger partial charge in [0.25, 0.3) is 11.8 Å². The number of rotatable bonds is 20. The summed E-state index contributed by atoms with van der Waals surface area (Å²) >= 11 is 0. The van der Waals surface area contributed by atoms with Crippen LogP contribution >= 0.6 is 0 Å². The van der Waals surface area contributed by atoms with E-state index >= 15 is 0 Å². The summed E-state index contributed by atoms with van der Waals surface area (Å²) < 4.78 is 315. The van der Waals surface area contributed by atoms with Crippen molar-refractivity contribution in [2.75, 3.05) is 13.1 Å². The smallest absolute Gasteiger partial charge is 0.351 e. The molecule has 0 fully saturated rings. The van der Waals surface area contributed by atoms with Gasteiger partial charge in [0.05, 0.1) is 0 Å². The molecule has 0 radical (unpaired) electrons. The summed E-state index contributed by atoms with van der Waals surface area (Å²) in [4.78, 5) is 22.6. The minimum atomic E-state index is -7.97. The molecule has 28 heteroatoms. The lowest BCUT2D eigenvalue weighted by atomic mass is 9.94. The first-order chi connectivity index (χ1) is 21.4. The Labute approximate surface area is 255 Å². The van der Waals surface area contributed by atoms with Crippen LogP contribution in [0.25, 0.3) is 0 Å². The third-order valence-electron chi connectivity index (χ3n) is 6.25. The summed E-state index contributed by atoms with van der Waals surface area (Å²) in [6.07, 6.45) is -13.9. The fourth-order valence-electron chi connectivity index (χ4n) is 3.17. The van der Waals surface area contributed by atoms with Crippen molar-refractivity contribution in [1.29, 1.82) is 0 Å². The van der Waals surface area contributed by atoms with Crippen LogP contribution in [-0.4, -0.2) is 97.0 Å². The number of hydrogen-bond acceptors (Lipinski definition) is 2. The van der Waals surface area contributed by atoms with Gasteiger partial charge in [-0.15, -0.1) is 0 Å². The molecule has 2 amide bonds. The quantitative estimate of drug-likeness (QED) is 0.0971. The summed E-state index contributed by atoms with van der Waals surface area (Å²) in [6.45, 7) is -2.44. The van der Waals surface area contributed by atoms with Gasteiger partial charge in [0.2, 0.25) is 0 Å². The van der Waals surface area contributed by atoms with E-state index in [1.165, 1.54) is 0 Å². The number of alkyl halides is 24. The first-order valence-electron chi connectivity index (χ1n) is 12.3. The molecular formula is C21H18F24N2O2. The maximum Gasteiger partial charge on any atom is 0.392 e. The molecule has 292 valence electrons. The number of halogens is 24. The Bertz CT molecular complexity index is 1050. The number of nitrogens with one attached hydrogen (secondary N) is 2. The molecule has 49 heavy (non-hydrogen) atoms. The van der Waals surface area contributed by atoms with Crippen molar-refractivity contribution in [3.63, 3.8) is 0 Å². The van der Waals surface area contributed by atoms with Crippen LogP contribution in [0.2, 0.25) is 0 Å². The maximum absolute atomic E-state index is 13.7. The van der Waals surface area contributed by atoms with Crippen molar-refractivity contribution in [1.82, 2.24) is 10.6 Å². The van der Waals surface area contributed by atoms with E-state index in [2.05, 4.69) is 0 Å². The summed E-state index contributed by atoms with van der Waals surface area (Å²) in [5.74, 6) is -82.5. The molecule has 2 N–H and O–H groups in total. The average Bonchev–Trinajstić information content (AvgIpc) is 2.94. The van der Waals surface area contributed by atoms with Gasteiger partial charge in [0, 0.05) is 13.1 Å². The van der Waals surface area contributed by atoms with E-state index in [0.29, 0.717) is 0 Å². The van der Waals surface area contributed by atoms with E-state index in [1.54, 1.807) is 0 Å². The summed E-state index contributed by atoms with van der Waals surface area (Å²) in [7, 11) is 0. The van der Waals surface area contributed by atoms with Gasteiger partial charge in [-0.05, 0) is 12.8 Å². The van der Waals surface area contributed by atoms with Crippen molar-refractivity contribution in [3.8, 4) is 0 Å². The highest BCUT2D eigenvalue weighted by Crippen LogP contribution is 2.59. The van der Waals surface area contributed by atoms with Crippen LogP contribution in [0.15, 0.2) is 0 Å². The molecule has 0 bridgehead atoms. The molecule has 0 aliphatic rings. The van der Waals surface area contributed by atoms with Crippen molar-refractivity contribution in [3.05, 3.63) is 0 Å². The molecule has 0 atom stereocenters. The molecule has 0 saturated carbocycles. The van der Waals surface area contributed by atoms with Gasteiger partial charge >= 0.3 is 72.1 Å². The van der Waals surface area contributed by atoms with Gasteiger partial charge in [-0.3, -0.25) is 9.59 Å². The van der Waals surface area contributed by atoms with Gasteiger partial charge in [-0.1, -0.05) is 19.3 Å². The second kappa shape index (κ2) is 14.5. The second-order valence-electron chi connectivity index (χ2n) is 9.72. The van der Waals surface area contributed by atoms with Crippen LogP contribution in [0.3, 0.4) is 0 Å². The molecule has 0 aromatic heterocycles. The first kappa shape index (κ1) is 46.3. The Balaban J connectivity index is 5.09. The highest BCUT2D eigenvalue weighted by atomic mass is 19.4. The largest absolute Gasteiger partial charge is 0.392 e. The maximum atomic E-state index is 13.7. The molecule has 0 rings (SSSR count). The lowest BCUT2D eigenvalue weighted by Crippen LogP contribution is -2.70. The average molecular weight is 786 g/mol. The minimum Gasteiger partial charge on any atom is -0.351 e. The fraction of sp³-hybridized carbons (Fsp3) is 0.905. The second-order valence-corrected chi connectivity index (χ2v) is 9.72. The molecular weight excluding hydrogens is 768 g/mol. The van der Waals surface area contributed by atoms with Gasteiger partial charge < -0.3 is 10.6 Å². The number of amides is 2. The topological polar surface area (TPSA) is 58.2 Å². The number of carbonyl (C=O) groups is 2. The van der Waals surface area contributed by atoms with Crippen LogP contribution in [0.5, 0.6) is 0 Å². The number of hydrogen-bond donors (Lipinski definition) is 2. The lowest BCUT2D eigenvalue weighted by Gasteiger charge is -2.38. The molecule has 0 aromatic rings. The predicted octanol–water partition coefficient (Wildman–Crippen LogP) is 8.05. The zero-order chi connectivity index (χ0) is 39.7. The van der Waals surface area contributed by atoms with Gasteiger partial charge in [-0.2, -0.15) is 87.8 Å². The van der Waals surface area contributed by atoms with Crippen LogP contribution in [0.4, 0.5) is 105 Å². The number of unbranched alkanes of at least 4 members (excludes halogenated alkanes) is 4. The van der Waals surface area contributed by atoms with Crippen molar-refractivity contribution in [2.24, 2.45) is 0 Å². The van der Waals surface area contributed by atoms with E-state index in [-0.39, 0.29) is 19.3 Å². The molecule has 0 aromatic carbocycles. The van der Waals surface area contributed by atoms with Crippen molar-refractivity contribution in [2.45, 2.75) is 104 Å². The van der Waals surface area contributed by atoms with E-state index in [0.717, 1.165) is 10.6 Å². The van der Waals surface area contributed by atoms with Crippen molar-refractivity contribution < 1.29 is 115 Å². The molecule has 0 aliphatic carbocycles. The van der Waals surface area contributed by atoms with E-state index in [1.807, 2.05) is 0 Å². The zero-order valence-corrected chi connectivity index (χ0v) is 23.0. The SMILES string of the molecule is O=C(NCCCCCCCNC(=O)C(F)(F)C(F)(F)C(F)(F)C(F)(F)C(F)(F)C(F)F)C(F)(F)C(F)(F)C(F)(F)C(F)(F)C(F)(F)C(F)F. The Morgan fingerprint density at radius 2 is 0.592 bits per heavy atom. The predicted molar refractivity (Wildman–Crippen MR) is 111 cm³/mol. The molecule has 0 spiro atoms. The fourth-order valence-corrected chi connectivity index (χ4v) is 3.17. The highest BCUT2D eigenvalue weighted by Gasteiger charge is 2.90. The lowest BCUT2D eigenvalue weighted by molar-refractivity contribution is -0.407. The van der Waals surface area contributed by atoms with Gasteiger partial charge in [0.1, 0.15) is 0 Å². The van der Waals surface area contributed by atoms with Crippen LogP contribution in [0, 0.1) is 0 Å². The third kappa shape index (κ3) is 7.64. The van der Waals surface area contributed by atoms with Crippen LogP contribution in [-0.2, 0) is 9.59 Å². The molecule has 0 aliphatic heterocycles. The Morgan fingerprint density at radius 3 is 0.816 bits per heavy atom. The monoisotopic (exact) mass is 786 g/mol. The minimum absolute atomic E-state index is 0.315. The Hall–Kier alpha value is -2.74. The van der Waals surface area contributed by atoms with Crippen LogP contribution in [0.1, 0.15) is 32.1 Å². The third-order valence-corrected chi connectivity index (χ3v) is 6.25. The molecule has 4 nitrogen and oxygen atoms in total. The van der Waals surface area contributed by atoms with Gasteiger partial charge in [0.15, 0.2) is 0 Å². The van der Waals surface area contributed by atoms with Crippen molar-refractivity contribution >= 4 is 11.8 Å². The Kier molecular flexibility index (Phi) is 13.7. The van der Waals surface area contributed by atoms with E-state index in [4.69, 9.17) is 0 Å². The first-order valence-corrected chi connectivity index (χ1v) is 12.3. The summed E-state index contributed by atoms with van der Waals surface area (Å²) in [5.41, 5.74) is 0. The summed E-state index contributed by atoms with van der Waals surface area (Å²) in [6, 6.07) is 0. The molecule has 0 unspecified atom stereocenters. The zero-order valence-electron chi connectivity index (χ0n) is 23.0. The highest BCUT2D eigenvalue weighted by molar-refractivity contribution is 5.85. The van der Waals surface area contributed by atoms with E-state index in [9.17, 15) is 115 Å². The normalized spacial score (nSPS) is 15.2. The standard InChI is InChI=1S/C21H18F24N2O2/c22-8(23)12(26,27)16(34,35)20(42,43)18(38,39)14(30,31)10(48)46-6-4-2-1-3-5-7-47-11(49)15(32,33)19(40,41)21(44,45)17(36,37)13(28,29)9(24)25/h8-9H,1-7H2,(H,46,48)(H,47,49). The van der Waals surface area contributed by atoms with E-state index < -0.39 is 110 Å². The Morgan fingerprint density at radius 1 is 0.367 bits per heavy atom. The summed E-state index contributed by atoms with van der Waals surface area (Å²) in [5, 5.41) is 1.61. The van der Waals surface area contributed by atoms with Gasteiger partial charge in [-0.25, -0.2) is 17.6 Å². The molecule has 0 heterocycles. The number of carbonyl (C=O) groups excluding carboxylic acids is 2. The van der Waals surface area contributed by atoms with Crippen LogP contribution < -0.4 is 10.6 Å².